The smallest absolute Gasteiger partial charge is 0.191 e. The lowest BCUT2D eigenvalue weighted by atomic mass is 9.67. The standard InChI is InChI=1S/C20H33N3O2.HI/c1-5-21-19(23-15-20(9-6-10-20)11-12-24-3)22-14-17-7-8-18(25-4)16(2)13-17;/h7-8,13H,5-6,9-12,14-15H2,1-4H3,(H2,21,22,23);1H. The van der Waals surface area contributed by atoms with E-state index < -0.39 is 0 Å². The quantitative estimate of drug-likeness (QED) is 0.324. The van der Waals surface area contributed by atoms with Crippen molar-refractivity contribution in [3.8, 4) is 5.75 Å². The van der Waals surface area contributed by atoms with E-state index in [-0.39, 0.29) is 24.0 Å². The molecule has 0 aliphatic heterocycles. The Hall–Kier alpha value is -1.02. The number of ether oxygens (including phenoxy) is 2. The molecule has 1 aliphatic carbocycles. The van der Waals surface area contributed by atoms with E-state index in [4.69, 9.17) is 14.5 Å². The fourth-order valence-electron chi connectivity index (χ4n) is 3.33. The van der Waals surface area contributed by atoms with E-state index in [0.717, 1.165) is 43.4 Å². The molecule has 0 saturated heterocycles. The Balaban J connectivity index is 0.00000338. The van der Waals surface area contributed by atoms with Crippen molar-refractivity contribution in [3.05, 3.63) is 29.3 Å². The van der Waals surface area contributed by atoms with Crippen molar-refractivity contribution in [1.29, 1.82) is 0 Å². The number of benzene rings is 1. The first-order valence-electron chi connectivity index (χ1n) is 9.27. The predicted octanol–water partition coefficient (Wildman–Crippen LogP) is 3.88. The molecule has 0 heterocycles. The summed E-state index contributed by atoms with van der Waals surface area (Å²) in [6.07, 6.45) is 5.00. The van der Waals surface area contributed by atoms with Crippen molar-refractivity contribution in [3.63, 3.8) is 0 Å². The number of hydrogen-bond donors (Lipinski definition) is 2. The SMILES string of the molecule is CCNC(=NCc1ccc(OC)c(C)c1)NCC1(CCOC)CCC1.I. The zero-order valence-electron chi connectivity index (χ0n) is 16.6. The summed E-state index contributed by atoms with van der Waals surface area (Å²) in [5, 5.41) is 6.89. The zero-order valence-corrected chi connectivity index (χ0v) is 18.9. The molecule has 148 valence electrons. The molecule has 5 nitrogen and oxygen atoms in total. The van der Waals surface area contributed by atoms with Gasteiger partial charge in [-0.3, -0.25) is 0 Å². The van der Waals surface area contributed by atoms with Gasteiger partial charge in [-0.2, -0.15) is 0 Å². The fraction of sp³-hybridized carbons (Fsp3) is 0.650. The molecular formula is C20H34IN3O2. The van der Waals surface area contributed by atoms with Crippen LogP contribution in [-0.2, 0) is 11.3 Å². The summed E-state index contributed by atoms with van der Waals surface area (Å²) in [6.45, 7) is 7.47. The van der Waals surface area contributed by atoms with Crippen LogP contribution >= 0.6 is 24.0 Å². The van der Waals surface area contributed by atoms with Crippen LogP contribution in [0.4, 0.5) is 0 Å². The average molecular weight is 475 g/mol. The number of hydrogen-bond acceptors (Lipinski definition) is 3. The largest absolute Gasteiger partial charge is 0.496 e. The van der Waals surface area contributed by atoms with Gasteiger partial charge in [0.05, 0.1) is 13.7 Å². The second-order valence-electron chi connectivity index (χ2n) is 6.95. The Morgan fingerprint density at radius 2 is 2.00 bits per heavy atom. The van der Waals surface area contributed by atoms with Gasteiger partial charge in [0.15, 0.2) is 5.96 Å². The Morgan fingerprint density at radius 1 is 1.23 bits per heavy atom. The summed E-state index contributed by atoms with van der Waals surface area (Å²) in [5.41, 5.74) is 2.71. The van der Waals surface area contributed by atoms with Gasteiger partial charge in [0, 0.05) is 26.8 Å². The molecule has 0 amide bonds. The van der Waals surface area contributed by atoms with Crippen LogP contribution in [-0.4, -0.2) is 39.9 Å². The molecule has 26 heavy (non-hydrogen) atoms. The number of aryl methyl sites for hydroxylation is 1. The third-order valence-electron chi connectivity index (χ3n) is 5.10. The molecule has 1 aromatic carbocycles. The molecule has 1 saturated carbocycles. The van der Waals surface area contributed by atoms with Crippen LogP contribution in [0.1, 0.15) is 43.7 Å². The Morgan fingerprint density at radius 3 is 2.54 bits per heavy atom. The monoisotopic (exact) mass is 475 g/mol. The van der Waals surface area contributed by atoms with Gasteiger partial charge >= 0.3 is 0 Å². The third-order valence-corrected chi connectivity index (χ3v) is 5.10. The van der Waals surface area contributed by atoms with Crippen molar-refractivity contribution >= 4 is 29.9 Å². The lowest BCUT2D eigenvalue weighted by Gasteiger charge is -2.42. The van der Waals surface area contributed by atoms with E-state index in [2.05, 4.69) is 36.6 Å². The van der Waals surface area contributed by atoms with Crippen LogP contribution < -0.4 is 15.4 Å². The number of nitrogens with zero attached hydrogens (tertiary/aromatic N) is 1. The Kier molecular flexibility index (Phi) is 10.3. The maximum Gasteiger partial charge on any atom is 0.191 e. The predicted molar refractivity (Wildman–Crippen MR) is 119 cm³/mol. The summed E-state index contributed by atoms with van der Waals surface area (Å²) in [7, 11) is 3.48. The van der Waals surface area contributed by atoms with Crippen LogP contribution in [0, 0.1) is 12.3 Å². The number of halogens is 1. The Labute approximate surface area is 175 Å². The van der Waals surface area contributed by atoms with E-state index in [9.17, 15) is 0 Å². The number of aliphatic imine (C=N–C) groups is 1. The van der Waals surface area contributed by atoms with Crippen molar-refractivity contribution in [1.82, 2.24) is 10.6 Å². The third kappa shape index (κ3) is 6.61. The second-order valence-corrected chi connectivity index (χ2v) is 6.95. The lowest BCUT2D eigenvalue weighted by Crippen LogP contribution is -2.46. The first kappa shape index (κ1) is 23.0. The highest BCUT2D eigenvalue weighted by atomic mass is 127. The van der Waals surface area contributed by atoms with Gasteiger partial charge in [-0.25, -0.2) is 4.99 Å². The fourth-order valence-corrected chi connectivity index (χ4v) is 3.33. The highest BCUT2D eigenvalue weighted by Crippen LogP contribution is 2.43. The molecule has 6 heteroatoms. The van der Waals surface area contributed by atoms with Gasteiger partial charge in [-0.1, -0.05) is 18.6 Å². The zero-order chi connectivity index (χ0) is 18.1. The minimum absolute atomic E-state index is 0. The summed E-state index contributed by atoms with van der Waals surface area (Å²) >= 11 is 0. The molecule has 1 fully saturated rings. The van der Waals surface area contributed by atoms with Crippen LogP contribution in [0.2, 0.25) is 0 Å². The molecule has 1 aliphatic rings. The molecule has 1 aromatic rings. The van der Waals surface area contributed by atoms with Gasteiger partial charge in [0.2, 0.25) is 0 Å². The summed E-state index contributed by atoms with van der Waals surface area (Å²) < 4.78 is 10.6. The van der Waals surface area contributed by atoms with Crippen molar-refractivity contribution in [2.75, 3.05) is 33.9 Å². The maximum atomic E-state index is 5.32. The van der Waals surface area contributed by atoms with Gasteiger partial charge in [0.25, 0.3) is 0 Å². The number of rotatable bonds is 9. The molecule has 0 unspecified atom stereocenters. The van der Waals surface area contributed by atoms with Gasteiger partial charge < -0.3 is 20.1 Å². The average Bonchev–Trinajstić information content (AvgIpc) is 2.58. The number of nitrogens with one attached hydrogen (secondary N) is 2. The van der Waals surface area contributed by atoms with E-state index in [1.54, 1.807) is 14.2 Å². The molecule has 2 rings (SSSR count). The van der Waals surface area contributed by atoms with E-state index in [1.165, 1.54) is 24.8 Å². The van der Waals surface area contributed by atoms with Crippen molar-refractivity contribution < 1.29 is 9.47 Å². The topological polar surface area (TPSA) is 54.9 Å². The lowest BCUT2D eigenvalue weighted by molar-refractivity contribution is 0.0732. The van der Waals surface area contributed by atoms with Crippen LogP contribution in [0.3, 0.4) is 0 Å². The molecule has 0 atom stereocenters. The summed E-state index contributed by atoms with van der Waals surface area (Å²) in [4.78, 5) is 4.74. The minimum atomic E-state index is 0. The van der Waals surface area contributed by atoms with E-state index in [1.807, 2.05) is 6.07 Å². The van der Waals surface area contributed by atoms with Crippen LogP contribution in [0.25, 0.3) is 0 Å². The number of guanidine groups is 1. The molecule has 0 spiro atoms. The highest BCUT2D eigenvalue weighted by molar-refractivity contribution is 14.0. The Bertz CT molecular complexity index is 574. The van der Waals surface area contributed by atoms with Gasteiger partial charge in [-0.05, 0) is 55.7 Å². The maximum absolute atomic E-state index is 5.32. The normalized spacial score (nSPS) is 15.6. The van der Waals surface area contributed by atoms with Gasteiger partial charge in [0.1, 0.15) is 5.75 Å². The first-order valence-corrected chi connectivity index (χ1v) is 9.27. The van der Waals surface area contributed by atoms with Crippen LogP contribution in [0.15, 0.2) is 23.2 Å². The van der Waals surface area contributed by atoms with E-state index in [0.29, 0.717) is 12.0 Å². The van der Waals surface area contributed by atoms with Crippen LogP contribution in [0.5, 0.6) is 5.75 Å². The molecular weight excluding hydrogens is 441 g/mol. The number of methoxy groups -OCH3 is 2. The molecule has 0 radical (unpaired) electrons. The van der Waals surface area contributed by atoms with Crippen molar-refractivity contribution in [2.45, 2.75) is 46.1 Å². The molecule has 0 aromatic heterocycles. The van der Waals surface area contributed by atoms with E-state index >= 15 is 0 Å². The molecule has 0 bridgehead atoms. The van der Waals surface area contributed by atoms with Gasteiger partial charge in [-0.15, -0.1) is 24.0 Å². The summed E-state index contributed by atoms with van der Waals surface area (Å²) in [5.74, 6) is 1.81. The first-order chi connectivity index (χ1) is 12.1. The van der Waals surface area contributed by atoms with Crippen molar-refractivity contribution in [2.24, 2.45) is 10.4 Å². The minimum Gasteiger partial charge on any atom is -0.496 e. The summed E-state index contributed by atoms with van der Waals surface area (Å²) in [6, 6.07) is 6.22. The highest BCUT2D eigenvalue weighted by Gasteiger charge is 2.36. The second kappa shape index (κ2) is 11.6. The molecule has 2 N–H and O–H groups in total.